The van der Waals surface area contributed by atoms with Gasteiger partial charge in [-0.3, -0.25) is 9.97 Å². The second kappa shape index (κ2) is 9.73. The Balaban J connectivity index is 1.33. The lowest BCUT2D eigenvalue weighted by molar-refractivity contribution is 1.26. The SMILES string of the molecule is N#Cc1cncc(-c2cccc(-c3ccc4cc(-c5cccc(-c6cncc(C#N)c6)n5)ccc4c3)n2)c1. The Morgan fingerprint density at radius 1 is 0.447 bits per heavy atom. The Kier molecular flexibility index (Phi) is 5.82. The summed E-state index contributed by atoms with van der Waals surface area (Å²) < 4.78 is 0. The monoisotopic (exact) mass is 486 g/mol. The molecular weight excluding hydrogens is 468 g/mol. The summed E-state index contributed by atoms with van der Waals surface area (Å²) in [6.07, 6.45) is 6.52. The van der Waals surface area contributed by atoms with Crippen molar-refractivity contribution in [2.24, 2.45) is 0 Å². The van der Waals surface area contributed by atoms with E-state index in [9.17, 15) is 10.5 Å². The third kappa shape index (κ3) is 4.46. The first-order valence-electron chi connectivity index (χ1n) is 11.9. The van der Waals surface area contributed by atoms with Crippen molar-refractivity contribution in [3.63, 3.8) is 0 Å². The van der Waals surface area contributed by atoms with E-state index in [4.69, 9.17) is 9.97 Å². The number of rotatable bonds is 4. The molecule has 38 heavy (non-hydrogen) atoms. The largest absolute Gasteiger partial charge is 0.263 e. The molecule has 176 valence electrons. The quantitative estimate of drug-likeness (QED) is 0.271. The highest BCUT2D eigenvalue weighted by molar-refractivity contribution is 5.90. The van der Waals surface area contributed by atoms with Crippen LogP contribution in [0.3, 0.4) is 0 Å². The first-order chi connectivity index (χ1) is 18.7. The molecule has 0 radical (unpaired) electrons. The maximum absolute atomic E-state index is 9.19. The highest BCUT2D eigenvalue weighted by atomic mass is 14.7. The molecule has 0 bridgehead atoms. The van der Waals surface area contributed by atoms with Gasteiger partial charge in [-0.25, -0.2) is 9.97 Å². The van der Waals surface area contributed by atoms with Gasteiger partial charge < -0.3 is 0 Å². The van der Waals surface area contributed by atoms with Crippen molar-refractivity contribution in [2.75, 3.05) is 0 Å². The molecule has 6 aromatic rings. The fraction of sp³-hybridized carbons (Fsp3) is 0. The van der Waals surface area contributed by atoms with Crippen LogP contribution in [0.25, 0.3) is 55.8 Å². The van der Waals surface area contributed by atoms with Crippen LogP contribution in [0.1, 0.15) is 11.1 Å². The molecule has 6 rings (SSSR count). The van der Waals surface area contributed by atoms with E-state index in [1.54, 1.807) is 36.9 Å². The molecule has 0 aliphatic carbocycles. The van der Waals surface area contributed by atoms with E-state index >= 15 is 0 Å². The summed E-state index contributed by atoms with van der Waals surface area (Å²) in [6, 6.07) is 32.1. The standard InChI is InChI=1S/C32H18N6/c33-15-21-11-27(19-35-17-21)31-5-1-3-29(37-31)25-9-7-24-14-26(10-8-23(24)13-25)30-4-2-6-32(38-30)28-12-22(16-34)18-36-20-28/h1-14,17-20H. The van der Waals surface area contributed by atoms with Gasteiger partial charge in [-0.2, -0.15) is 10.5 Å². The van der Waals surface area contributed by atoms with Crippen LogP contribution >= 0.6 is 0 Å². The summed E-state index contributed by atoms with van der Waals surface area (Å²) >= 11 is 0. The second-order valence-electron chi connectivity index (χ2n) is 8.74. The molecule has 0 aliphatic heterocycles. The van der Waals surface area contributed by atoms with Gasteiger partial charge in [0.25, 0.3) is 0 Å². The van der Waals surface area contributed by atoms with Gasteiger partial charge in [0, 0.05) is 47.0 Å². The van der Waals surface area contributed by atoms with Crippen LogP contribution in [0.15, 0.2) is 110 Å². The van der Waals surface area contributed by atoms with E-state index in [0.29, 0.717) is 11.1 Å². The van der Waals surface area contributed by atoms with Gasteiger partial charge in [-0.05, 0) is 59.3 Å². The van der Waals surface area contributed by atoms with Gasteiger partial charge in [-0.15, -0.1) is 0 Å². The third-order valence-corrected chi connectivity index (χ3v) is 6.26. The minimum atomic E-state index is 0.503. The molecule has 0 amide bonds. The van der Waals surface area contributed by atoms with Crippen molar-refractivity contribution >= 4 is 10.8 Å². The molecule has 4 aromatic heterocycles. The summed E-state index contributed by atoms with van der Waals surface area (Å²) in [7, 11) is 0. The number of nitriles is 2. The summed E-state index contributed by atoms with van der Waals surface area (Å²) in [5.41, 5.74) is 7.85. The van der Waals surface area contributed by atoms with E-state index in [-0.39, 0.29) is 0 Å². The smallest absolute Gasteiger partial charge is 0.101 e. The van der Waals surface area contributed by atoms with E-state index in [1.807, 2.05) is 36.4 Å². The minimum Gasteiger partial charge on any atom is -0.263 e. The maximum atomic E-state index is 9.19. The van der Waals surface area contributed by atoms with Crippen LogP contribution in [0.4, 0.5) is 0 Å². The minimum absolute atomic E-state index is 0.503. The Morgan fingerprint density at radius 2 is 0.868 bits per heavy atom. The first kappa shape index (κ1) is 22.7. The lowest BCUT2D eigenvalue weighted by atomic mass is 10.0. The average molecular weight is 487 g/mol. The first-order valence-corrected chi connectivity index (χ1v) is 11.9. The van der Waals surface area contributed by atoms with Gasteiger partial charge >= 0.3 is 0 Å². The highest BCUT2D eigenvalue weighted by Crippen LogP contribution is 2.29. The molecule has 0 fully saturated rings. The van der Waals surface area contributed by atoms with E-state index in [2.05, 4.69) is 58.5 Å². The van der Waals surface area contributed by atoms with E-state index in [0.717, 1.165) is 55.8 Å². The summed E-state index contributed by atoms with van der Waals surface area (Å²) in [6.45, 7) is 0. The van der Waals surface area contributed by atoms with Gasteiger partial charge in [-0.1, -0.05) is 36.4 Å². The Bertz CT molecular complexity index is 1770. The molecule has 2 aromatic carbocycles. The Labute approximate surface area is 219 Å². The normalized spacial score (nSPS) is 10.6. The molecular formula is C32H18N6. The van der Waals surface area contributed by atoms with Crippen LogP contribution < -0.4 is 0 Å². The zero-order chi connectivity index (χ0) is 25.9. The fourth-order valence-corrected chi connectivity index (χ4v) is 4.36. The summed E-state index contributed by atoms with van der Waals surface area (Å²) in [4.78, 5) is 18.0. The van der Waals surface area contributed by atoms with Crippen molar-refractivity contribution in [2.45, 2.75) is 0 Å². The van der Waals surface area contributed by atoms with E-state index < -0.39 is 0 Å². The van der Waals surface area contributed by atoms with Gasteiger partial charge in [0.2, 0.25) is 0 Å². The molecule has 0 saturated carbocycles. The van der Waals surface area contributed by atoms with Gasteiger partial charge in [0.05, 0.1) is 33.9 Å². The molecule has 0 aliphatic rings. The van der Waals surface area contributed by atoms with Crippen LogP contribution in [0.5, 0.6) is 0 Å². The van der Waals surface area contributed by atoms with E-state index in [1.165, 1.54) is 0 Å². The zero-order valence-corrected chi connectivity index (χ0v) is 20.1. The Hall–Kier alpha value is -5.72. The molecule has 0 saturated heterocycles. The summed E-state index contributed by atoms with van der Waals surface area (Å²) in [5, 5.41) is 20.6. The van der Waals surface area contributed by atoms with Crippen molar-refractivity contribution < 1.29 is 0 Å². The zero-order valence-electron chi connectivity index (χ0n) is 20.1. The summed E-state index contributed by atoms with van der Waals surface area (Å²) in [5.74, 6) is 0. The number of aromatic nitrogens is 4. The van der Waals surface area contributed by atoms with Gasteiger partial charge in [0.15, 0.2) is 0 Å². The van der Waals surface area contributed by atoms with Crippen LogP contribution in [0.2, 0.25) is 0 Å². The van der Waals surface area contributed by atoms with Crippen molar-refractivity contribution in [1.82, 2.24) is 19.9 Å². The van der Waals surface area contributed by atoms with Gasteiger partial charge in [0.1, 0.15) is 12.1 Å². The van der Waals surface area contributed by atoms with Crippen molar-refractivity contribution in [3.8, 4) is 57.2 Å². The van der Waals surface area contributed by atoms with Crippen LogP contribution in [-0.4, -0.2) is 19.9 Å². The number of benzene rings is 2. The molecule has 0 unspecified atom stereocenters. The van der Waals surface area contributed by atoms with Crippen molar-refractivity contribution in [3.05, 3.63) is 121 Å². The molecule has 0 N–H and O–H groups in total. The molecule has 4 heterocycles. The number of hydrogen-bond donors (Lipinski definition) is 0. The van der Waals surface area contributed by atoms with Crippen molar-refractivity contribution in [1.29, 1.82) is 10.5 Å². The molecule has 6 nitrogen and oxygen atoms in total. The number of fused-ring (bicyclic) bond motifs is 1. The fourth-order valence-electron chi connectivity index (χ4n) is 4.36. The second-order valence-corrected chi connectivity index (χ2v) is 8.74. The molecule has 0 spiro atoms. The number of hydrogen-bond acceptors (Lipinski definition) is 6. The third-order valence-electron chi connectivity index (χ3n) is 6.26. The average Bonchev–Trinajstić information content (AvgIpc) is 3.00. The highest BCUT2D eigenvalue weighted by Gasteiger charge is 2.09. The molecule has 0 atom stereocenters. The predicted octanol–water partition coefficient (Wildman–Crippen LogP) is 6.83. The lowest BCUT2D eigenvalue weighted by Gasteiger charge is -2.09. The topological polar surface area (TPSA) is 99.1 Å². The Morgan fingerprint density at radius 3 is 1.29 bits per heavy atom. The maximum Gasteiger partial charge on any atom is 0.101 e. The number of nitrogens with zero attached hydrogens (tertiary/aromatic N) is 6. The predicted molar refractivity (Wildman–Crippen MR) is 146 cm³/mol. The van der Waals surface area contributed by atoms with Crippen LogP contribution in [0, 0.1) is 22.7 Å². The van der Waals surface area contributed by atoms with Crippen LogP contribution in [-0.2, 0) is 0 Å². The number of pyridine rings is 4. The lowest BCUT2D eigenvalue weighted by Crippen LogP contribution is -1.91. The molecule has 6 heteroatoms.